The fourth-order valence-corrected chi connectivity index (χ4v) is 3.11. The smallest absolute Gasteiger partial charge is 0.138 e. The standard InChI is InChI=1S/C12H15IN2O/c13-10-6-14-15-7-9(3-4-11(10)15)12(16)5-8-1-2-8/h6,8-9H,1-5,7H2. The van der Waals surface area contributed by atoms with Crippen LogP contribution in [0.15, 0.2) is 6.20 Å². The van der Waals surface area contributed by atoms with Crippen molar-refractivity contribution in [2.45, 2.75) is 38.6 Å². The molecule has 2 heterocycles. The number of nitrogens with zero attached hydrogens (tertiary/aromatic N) is 2. The van der Waals surface area contributed by atoms with Crippen LogP contribution in [0.2, 0.25) is 0 Å². The molecule has 0 amide bonds. The van der Waals surface area contributed by atoms with Gasteiger partial charge in [0, 0.05) is 12.3 Å². The number of halogens is 1. The van der Waals surface area contributed by atoms with Crippen molar-refractivity contribution in [2.75, 3.05) is 0 Å². The van der Waals surface area contributed by atoms with Gasteiger partial charge in [0.1, 0.15) is 5.78 Å². The summed E-state index contributed by atoms with van der Waals surface area (Å²) < 4.78 is 3.27. The van der Waals surface area contributed by atoms with Crippen molar-refractivity contribution < 1.29 is 4.79 Å². The van der Waals surface area contributed by atoms with Gasteiger partial charge in [0.2, 0.25) is 0 Å². The molecule has 2 aliphatic rings. The molecule has 1 atom stereocenters. The van der Waals surface area contributed by atoms with Crippen LogP contribution in [0.5, 0.6) is 0 Å². The second kappa shape index (κ2) is 4.13. The van der Waals surface area contributed by atoms with Gasteiger partial charge in [0.15, 0.2) is 0 Å². The molecule has 1 aliphatic carbocycles. The summed E-state index contributed by atoms with van der Waals surface area (Å²) in [7, 11) is 0. The number of Topliss-reactive ketones (excluding diaryl/α,β-unsaturated/α-hetero) is 1. The number of hydrogen-bond acceptors (Lipinski definition) is 2. The van der Waals surface area contributed by atoms with E-state index in [9.17, 15) is 4.79 Å². The Hall–Kier alpha value is -0.390. The van der Waals surface area contributed by atoms with Crippen molar-refractivity contribution in [1.82, 2.24) is 9.78 Å². The average Bonchev–Trinajstić information content (AvgIpc) is 3.02. The summed E-state index contributed by atoms with van der Waals surface area (Å²) in [6.07, 6.45) is 7.29. The lowest BCUT2D eigenvalue weighted by molar-refractivity contribution is -0.124. The number of carbonyl (C=O) groups is 1. The van der Waals surface area contributed by atoms with Gasteiger partial charge in [-0.1, -0.05) is 0 Å². The van der Waals surface area contributed by atoms with E-state index < -0.39 is 0 Å². The minimum absolute atomic E-state index is 0.226. The van der Waals surface area contributed by atoms with Crippen LogP contribution < -0.4 is 0 Å². The van der Waals surface area contributed by atoms with Crippen LogP contribution in [0.1, 0.15) is 31.4 Å². The first-order valence-electron chi connectivity index (χ1n) is 5.97. The molecule has 3 nitrogen and oxygen atoms in total. The molecule has 1 unspecified atom stereocenters. The highest BCUT2D eigenvalue weighted by Gasteiger charge is 2.31. The van der Waals surface area contributed by atoms with E-state index in [4.69, 9.17) is 0 Å². The third-order valence-corrected chi connectivity index (χ3v) is 4.56. The van der Waals surface area contributed by atoms with Crippen molar-refractivity contribution in [3.8, 4) is 0 Å². The van der Waals surface area contributed by atoms with Crippen LogP contribution in [0, 0.1) is 15.4 Å². The minimum atomic E-state index is 0.226. The third kappa shape index (κ3) is 2.04. The molecule has 0 aromatic carbocycles. The Labute approximate surface area is 109 Å². The number of aromatic nitrogens is 2. The van der Waals surface area contributed by atoms with E-state index in [1.165, 1.54) is 22.1 Å². The monoisotopic (exact) mass is 330 g/mol. The number of fused-ring (bicyclic) bond motifs is 1. The normalized spacial score (nSPS) is 24.2. The number of ketones is 1. The van der Waals surface area contributed by atoms with E-state index in [-0.39, 0.29) is 5.92 Å². The van der Waals surface area contributed by atoms with Crippen molar-refractivity contribution >= 4 is 28.4 Å². The zero-order valence-electron chi connectivity index (χ0n) is 9.16. The molecule has 16 heavy (non-hydrogen) atoms. The summed E-state index contributed by atoms with van der Waals surface area (Å²) in [5.74, 6) is 1.41. The molecule has 86 valence electrons. The van der Waals surface area contributed by atoms with Crippen LogP contribution in [0.3, 0.4) is 0 Å². The van der Waals surface area contributed by atoms with Crippen LogP contribution in [0.25, 0.3) is 0 Å². The van der Waals surface area contributed by atoms with Gasteiger partial charge in [0.05, 0.1) is 22.0 Å². The number of rotatable bonds is 3. The Bertz CT molecular complexity index is 423. The lowest BCUT2D eigenvalue weighted by Gasteiger charge is -2.22. The first-order chi connectivity index (χ1) is 7.74. The van der Waals surface area contributed by atoms with E-state index in [1.54, 1.807) is 0 Å². The van der Waals surface area contributed by atoms with Crippen LogP contribution in [0.4, 0.5) is 0 Å². The Balaban J connectivity index is 1.69. The molecule has 4 heteroatoms. The SMILES string of the molecule is O=C(CC1CC1)C1CCc2c(I)cnn2C1. The van der Waals surface area contributed by atoms with Gasteiger partial charge >= 0.3 is 0 Å². The molecule has 0 saturated heterocycles. The molecule has 1 fully saturated rings. The summed E-state index contributed by atoms with van der Waals surface area (Å²) in [5, 5.41) is 4.34. The average molecular weight is 330 g/mol. The molecule has 1 aliphatic heterocycles. The fraction of sp³-hybridized carbons (Fsp3) is 0.667. The van der Waals surface area contributed by atoms with E-state index >= 15 is 0 Å². The third-order valence-electron chi connectivity index (χ3n) is 3.66. The van der Waals surface area contributed by atoms with Crippen molar-refractivity contribution in [3.63, 3.8) is 0 Å². The molecule has 0 spiro atoms. The zero-order valence-corrected chi connectivity index (χ0v) is 11.3. The van der Waals surface area contributed by atoms with E-state index in [2.05, 4.69) is 27.7 Å². The second-order valence-electron chi connectivity index (χ2n) is 4.97. The molecule has 1 aromatic heterocycles. The Morgan fingerprint density at radius 1 is 1.50 bits per heavy atom. The van der Waals surface area contributed by atoms with E-state index in [0.29, 0.717) is 11.7 Å². The lowest BCUT2D eigenvalue weighted by atomic mass is 9.91. The first-order valence-corrected chi connectivity index (χ1v) is 7.05. The Morgan fingerprint density at radius 2 is 2.31 bits per heavy atom. The first kappa shape index (κ1) is 10.7. The molecule has 0 bridgehead atoms. The largest absolute Gasteiger partial charge is 0.299 e. The quantitative estimate of drug-likeness (QED) is 0.798. The highest BCUT2D eigenvalue weighted by atomic mass is 127. The van der Waals surface area contributed by atoms with Crippen molar-refractivity contribution in [1.29, 1.82) is 0 Å². The van der Waals surface area contributed by atoms with Crippen molar-refractivity contribution in [3.05, 3.63) is 15.5 Å². The maximum atomic E-state index is 12.0. The molecule has 0 N–H and O–H groups in total. The Kier molecular flexibility index (Phi) is 2.77. The van der Waals surface area contributed by atoms with Gasteiger partial charge in [-0.3, -0.25) is 9.48 Å². The van der Waals surface area contributed by atoms with Crippen LogP contribution in [-0.2, 0) is 17.8 Å². The van der Waals surface area contributed by atoms with Crippen LogP contribution >= 0.6 is 22.6 Å². The van der Waals surface area contributed by atoms with Crippen molar-refractivity contribution in [2.24, 2.45) is 11.8 Å². The van der Waals surface area contributed by atoms with Gasteiger partial charge < -0.3 is 0 Å². The predicted octanol–water partition coefficient (Wildman–Crippen LogP) is 2.42. The maximum Gasteiger partial charge on any atom is 0.138 e. The summed E-state index contributed by atoms with van der Waals surface area (Å²) >= 11 is 2.32. The summed E-state index contributed by atoms with van der Waals surface area (Å²) in [6, 6.07) is 0. The van der Waals surface area contributed by atoms with E-state index in [0.717, 1.165) is 25.8 Å². The number of hydrogen-bond donors (Lipinski definition) is 0. The zero-order chi connectivity index (χ0) is 11.1. The maximum absolute atomic E-state index is 12.0. The number of carbonyl (C=O) groups excluding carboxylic acids is 1. The minimum Gasteiger partial charge on any atom is -0.299 e. The lowest BCUT2D eigenvalue weighted by Crippen LogP contribution is -2.27. The molecular formula is C12H15IN2O. The van der Waals surface area contributed by atoms with Crippen LogP contribution in [-0.4, -0.2) is 15.6 Å². The summed E-state index contributed by atoms with van der Waals surface area (Å²) in [5.41, 5.74) is 1.32. The van der Waals surface area contributed by atoms with Gasteiger partial charge in [-0.25, -0.2) is 0 Å². The van der Waals surface area contributed by atoms with Gasteiger partial charge in [0.25, 0.3) is 0 Å². The molecular weight excluding hydrogens is 315 g/mol. The van der Waals surface area contributed by atoms with Gasteiger partial charge in [-0.2, -0.15) is 5.10 Å². The van der Waals surface area contributed by atoms with Gasteiger partial charge in [-0.05, 0) is 54.2 Å². The highest BCUT2D eigenvalue weighted by Crippen LogP contribution is 2.35. The Morgan fingerprint density at radius 3 is 3.06 bits per heavy atom. The molecule has 1 aromatic rings. The van der Waals surface area contributed by atoms with E-state index in [1.807, 2.05) is 10.9 Å². The van der Waals surface area contributed by atoms with Gasteiger partial charge in [-0.15, -0.1) is 0 Å². The topological polar surface area (TPSA) is 34.9 Å². The summed E-state index contributed by atoms with van der Waals surface area (Å²) in [4.78, 5) is 12.0. The molecule has 0 radical (unpaired) electrons. The second-order valence-corrected chi connectivity index (χ2v) is 6.13. The fourth-order valence-electron chi connectivity index (χ4n) is 2.44. The summed E-state index contributed by atoms with van der Waals surface area (Å²) in [6.45, 7) is 0.809. The molecule has 3 rings (SSSR count). The molecule has 1 saturated carbocycles. The highest BCUT2D eigenvalue weighted by molar-refractivity contribution is 14.1. The predicted molar refractivity (Wildman–Crippen MR) is 69.1 cm³/mol.